The maximum Gasteiger partial charge on any atom is 0.270 e. The molecule has 1 heterocycles. The molecular weight excluding hydrogens is 294 g/mol. The molecule has 2 rings (SSSR count). The minimum Gasteiger partial charge on any atom is -0.343 e. The van der Waals surface area contributed by atoms with Gasteiger partial charge in [-0.25, -0.2) is 0 Å². The molecule has 0 fully saturated rings. The van der Waals surface area contributed by atoms with Crippen LogP contribution in [-0.4, -0.2) is 21.0 Å². The van der Waals surface area contributed by atoms with Crippen molar-refractivity contribution in [1.82, 2.24) is 15.1 Å². The summed E-state index contributed by atoms with van der Waals surface area (Å²) in [4.78, 5) is 12.1. The molecule has 0 spiro atoms. The van der Waals surface area contributed by atoms with Crippen LogP contribution in [0.15, 0.2) is 42.6 Å². The predicted molar refractivity (Wildman–Crippen MR) is 73.7 cm³/mol. The van der Waals surface area contributed by atoms with Crippen molar-refractivity contribution in [1.29, 1.82) is 0 Å². The maximum atomic E-state index is 12.1. The molecule has 0 aliphatic heterocycles. The average Bonchev–Trinajstić information content (AvgIpc) is 2.83. The minimum absolute atomic E-state index is 0.0476. The van der Waals surface area contributed by atoms with E-state index in [0.717, 1.165) is 5.56 Å². The second-order valence-electron chi connectivity index (χ2n) is 3.93. The molecular formula is C13H14BrN3O. The summed E-state index contributed by atoms with van der Waals surface area (Å²) in [7, 11) is 1.75. The Hall–Kier alpha value is -1.62. The number of amides is 1. The molecule has 1 amide bonds. The van der Waals surface area contributed by atoms with Crippen LogP contribution in [-0.2, 0) is 7.05 Å². The fourth-order valence-corrected chi connectivity index (χ4v) is 2.26. The Labute approximate surface area is 114 Å². The van der Waals surface area contributed by atoms with E-state index in [1.54, 1.807) is 24.0 Å². The zero-order chi connectivity index (χ0) is 13.0. The van der Waals surface area contributed by atoms with Gasteiger partial charge in [-0.05, 0) is 11.6 Å². The molecule has 0 aliphatic carbocycles. The van der Waals surface area contributed by atoms with E-state index in [1.807, 2.05) is 30.3 Å². The van der Waals surface area contributed by atoms with Crippen LogP contribution in [0.1, 0.15) is 22.1 Å². The molecule has 1 aromatic heterocycles. The fourth-order valence-electron chi connectivity index (χ4n) is 1.73. The predicted octanol–water partition coefficient (Wildman–Crippen LogP) is 2.29. The standard InChI is InChI=1S/C13H14BrN3O/c1-17-12(7-8-15-17)13(18)16-11(9-14)10-5-3-2-4-6-10/h2-8,11H,9H2,1H3,(H,16,18). The zero-order valence-electron chi connectivity index (χ0n) is 10.0. The Morgan fingerprint density at radius 3 is 2.67 bits per heavy atom. The molecule has 2 aromatic rings. The molecule has 4 nitrogen and oxygen atoms in total. The molecule has 94 valence electrons. The number of carbonyl (C=O) groups excluding carboxylic acids is 1. The number of halogens is 1. The van der Waals surface area contributed by atoms with E-state index in [-0.39, 0.29) is 11.9 Å². The lowest BCUT2D eigenvalue weighted by molar-refractivity contribution is 0.0931. The Morgan fingerprint density at radius 1 is 1.39 bits per heavy atom. The van der Waals surface area contributed by atoms with Crippen LogP contribution < -0.4 is 5.32 Å². The molecule has 0 aliphatic rings. The number of nitrogens with one attached hydrogen (secondary N) is 1. The smallest absolute Gasteiger partial charge is 0.270 e. The van der Waals surface area contributed by atoms with Gasteiger partial charge in [0, 0.05) is 18.6 Å². The Balaban J connectivity index is 2.13. The SMILES string of the molecule is Cn1nccc1C(=O)NC(CBr)c1ccccc1. The molecule has 18 heavy (non-hydrogen) atoms. The molecule has 5 heteroatoms. The zero-order valence-corrected chi connectivity index (χ0v) is 11.6. The van der Waals surface area contributed by atoms with Crippen molar-refractivity contribution >= 4 is 21.8 Å². The van der Waals surface area contributed by atoms with E-state index < -0.39 is 0 Å². The summed E-state index contributed by atoms with van der Waals surface area (Å²) in [5.41, 5.74) is 1.63. The van der Waals surface area contributed by atoms with Gasteiger partial charge >= 0.3 is 0 Å². The minimum atomic E-state index is -0.122. The maximum absolute atomic E-state index is 12.1. The van der Waals surface area contributed by atoms with Gasteiger partial charge in [0.1, 0.15) is 5.69 Å². The molecule has 1 aromatic carbocycles. The van der Waals surface area contributed by atoms with Gasteiger partial charge in [0.05, 0.1) is 6.04 Å². The summed E-state index contributed by atoms with van der Waals surface area (Å²) in [6.07, 6.45) is 1.61. The molecule has 0 radical (unpaired) electrons. The number of hydrogen-bond acceptors (Lipinski definition) is 2. The van der Waals surface area contributed by atoms with E-state index >= 15 is 0 Å². The number of nitrogens with zero attached hydrogens (tertiary/aromatic N) is 2. The lowest BCUT2D eigenvalue weighted by Crippen LogP contribution is -2.30. The van der Waals surface area contributed by atoms with Gasteiger partial charge in [-0.1, -0.05) is 46.3 Å². The fraction of sp³-hybridized carbons (Fsp3) is 0.231. The number of rotatable bonds is 4. The van der Waals surface area contributed by atoms with E-state index in [2.05, 4.69) is 26.3 Å². The van der Waals surface area contributed by atoms with Crippen molar-refractivity contribution < 1.29 is 4.79 Å². The number of benzene rings is 1. The second kappa shape index (κ2) is 5.82. The highest BCUT2D eigenvalue weighted by Crippen LogP contribution is 2.15. The summed E-state index contributed by atoms with van der Waals surface area (Å²) in [6, 6.07) is 11.5. The normalized spacial score (nSPS) is 12.1. The highest BCUT2D eigenvalue weighted by molar-refractivity contribution is 9.09. The van der Waals surface area contributed by atoms with Crippen molar-refractivity contribution in [3.8, 4) is 0 Å². The summed E-state index contributed by atoms with van der Waals surface area (Å²) in [6.45, 7) is 0. The van der Waals surface area contributed by atoms with E-state index in [4.69, 9.17) is 0 Å². The number of aryl methyl sites for hydroxylation is 1. The first-order chi connectivity index (χ1) is 8.72. The first-order valence-corrected chi connectivity index (χ1v) is 6.74. The Bertz CT molecular complexity index is 524. The largest absolute Gasteiger partial charge is 0.343 e. The van der Waals surface area contributed by atoms with E-state index in [0.29, 0.717) is 11.0 Å². The third-order valence-corrected chi connectivity index (χ3v) is 3.36. The summed E-state index contributed by atoms with van der Waals surface area (Å²) in [5, 5.41) is 7.63. The molecule has 1 N–H and O–H groups in total. The second-order valence-corrected chi connectivity index (χ2v) is 4.58. The lowest BCUT2D eigenvalue weighted by Gasteiger charge is -2.16. The lowest BCUT2D eigenvalue weighted by atomic mass is 10.1. The van der Waals surface area contributed by atoms with Crippen molar-refractivity contribution in [3.63, 3.8) is 0 Å². The monoisotopic (exact) mass is 307 g/mol. The topological polar surface area (TPSA) is 46.9 Å². The van der Waals surface area contributed by atoms with Gasteiger partial charge in [-0.15, -0.1) is 0 Å². The summed E-state index contributed by atoms with van der Waals surface area (Å²) < 4.78 is 1.56. The number of aromatic nitrogens is 2. The van der Waals surface area contributed by atoms with Gasteiger partial charge in [0.25, 0.3) is 5.91 Å². The van der Waals surface area contributed by atoms with E-state index in [1.165, 1.54) is 0 Å². The number of carbonyl (C=O) groups is 1. The molecule has 1 unspecified atom stereocenters. The molecule has 0 saturated carbocycles. The van der Waals surface area contributed by atoms with Crippen molar-refractivity contribution in [2.75, 3.05) is 5.33 Å². The summed E-state index contributed by atoms with van der Waals surface area (Å²) >= 11 is 3.43. The van der Waals surface area contributed by atoms with Crippen LogP contribution in [0.3, 0.4) is 0 Å². The van der Waals surface area contributed by atoms with Crippen LogP contribution in [0.5, 0.6) is 0 Å². The molecule has 0 saturated heterocycles. The van der Waals surface area contributed by atoms with Gasteiger partial charge < -0.3 is 5.32 Å². The first-order valence-electron chi connectivity index (χ1n) is 5.62. The van der Waals surface area contributed by atoms with Crippen LogP contribution in [0.25, 0.3) is 0 Å². The van der Waals surface area contributed by atoms with Gasteiger partial charge in [-0.3, -0.25) is 9.48 Å². The first kappa shape index (κ1) is 12.8. The third kappa shape index (κ3) is 2.79. The van der Waals surface area contributed by atoms with Crippen LogP contribution in [0, 0.1) is 0 Å². The van der Waals surface area contributed by atoms with Crippen LogP contribution in [0.4, 0.5) is 0 Å². The van der Waals surface area contributed by atoms with Crippen LogP contribution in [0.2, 0.25) is 0 Å². The quantitative estimate of drug-likeness (QED) is 0.881. The van der Waals surface area contributed by atoms with Crippen molar-refractivity contribution in [3.05, 3.63) is 53.9 Å². The van der Waals surface area contributed by atoms with E-state index in [9.17, 15) is 4.79 Å². The molecule has 1 atom stereocenters. The van der Waals surface area contributed by atoms with Crippen LogP contribution >= 0.6 is 15.9 Å². The Morgan fingerprint density at radius 2 is 2.11 bits per heavy atom. The average molecular weight is 308 g/mol. The number of hydrogen-bond donors (Lipinski definition) is 1. The summed E-state index contributed by atoms with van der Waals surface area (Å²) in [5.74, 6) is -0.122. The van der Waals surface area contributed by atoms with Gasteiger partial charge in [0.2, 0.25) is 0 Å². The number of alkyl halides is 1. The molecule has 0 bridgehead atoms. The van der Waals surface area contributed by atoms with Crippen molar-refractivity contribution in [2.45, 2.75) is 6.04 Å². The third-order valence-electron chi connectivity index (χ3n) is 2.72. The highest BCUT2D eigenvalue weighted by atomic mass is 79.9. The highest BCUT2D eigenvalue weighted by Gasteiger charge is 2.16. The van der Waals surface area contributed by atoms with Crippen molar-refractivity contribution in [2.24, 2.45) is 7.05 Å². The Kier molecular flexibility index (Phi) is 4.15. The van der Waals surface area contributed by atoms with Gasteiger partial charge in [-0.2, -0.15) is 5.10 Å². The van der Waals surface area contributed by atoms with Gasteiger partial charge in [0.15, 0.2) is 0 Å².